The smallest absolute Gasteiger partial charge is 0.262 e. The molecule has 7 nitrogen and oxygen atoms in total. The summed E-state index contributed by atoms with van der Waals surface area (Å²) in [6, 6.07) is 7.33. The van der Waals surface area contributed by atoms with Crippen LogP contribution in [0, 0.1) is 0 Å². The molecule has 2 aliphatic heterocycles. The average Bonchev–Trinajstić information content (AvgIpc) is 3.35. The minimum atomic E-state index is -3.65. The predicted molar refractivity (Wildman–Crippen MR) is 120 cm³/mol. The molecule has 168 valence electrons. The molecule has 0 bridgehead atoms. The minimum absolute atomic E-state index is 0.0920. The van der Waals surface area contributed by atoms with Crippen LogP contribution in [0.15, 0.2) is 34.5 Å². The maximum atomic E-state index is 13.0. The number of carbonyl (C=O) groups excluding carboxylic acids is 1. The van der Waals surface area contributed by atoms with Gasteiger partial charge in [0.1, 0.15) is 22.0 Å². The normalized spacial score (nSPS) is 18.3. The molecule has 0 saturated carbocycles. The number of para-hydroxylation sites is 1. The number of sulfonamides is 1. The number of nitrogens with zero attached hydrogens (tertiary/aromatic N) is 1. The number of ether oxygens (including phenoxy) is 2. The first-order chi connectivity index (χ1) is 14.8. The second-order valence-electron chi connectivity index (χ2n) is 8.47. The van der Waals surface area contributed by atoms with Crippen molar-refractivity contribution in [1.82, 2.24) is 9.62 Å². The summed E-state index contributed by atoms with van der Waals surface area (Å²) in [6.45, 7) is 5.60. The van der Waals surface area contributed by atoms with Crippen LogP contribution in [0.25, 0.3) is 0 Å². The number of benzene rings is 1. The Balaban J connectivity index is 1.35. The van der Waals surface area contributed by atoms with Crippen molar-refractivity contribution in [2.75, 3.05) is 26.2 Å². The van der Waals surface area contributed by atoms with E-state index >= 15 is 0 Å². The van der Waals surface area contributed by atoms with Crippen molar-refractivity contribution in [2.24, 2.45) is 0 Å². The quantitative estimate of drug-likeness (QED) is 0.635. The highest BCUT2D eigenvalue weighted by Gasteiger charge is 2.33. The second-order valence-corrected chi connectivity index (χ2v) is 11.3. The summed E-state index contributed by atoms with van der Waals surface area (Å²) < 4.78 is 39.2. The maximum Gasteiger partial charge on any atom is 0.262 e. The van der Waals surface area contributed by atoms with Gasteiger partial charge < -0.3 is 14.8 Å². The monoisotopic (exact) mass is 464 g/mol. The van der Waals surface area contributed by atoms with Crippen LogP contribution in [0.4, 0.5) is 0 Å². The third-order valence-corrected chi connectivity index (χ3v) is 8.45. The molecule has 0 atom stereocenters. The topological polar surface area (TPSA) is 84.9 Å². The van der Waals surface area contributed by atoms with Crippen molar-refractivity contribution in [3.8, 4) is 11.5 Å². The zero-order chi connectivity index (χ0) is 22.1. The summed E-state index contributed by atoms with van der Waals surface area (Å²) in [5.74, 6) is 1.01. The van der Waals surface area contributed by atoms with Crippen LogP contribution in [0.2, 0.25) is 0 Å². The van der Waals surface area contributed by atoms with Gasteiger partial charge in [-0.25, -0.2) is 8.42 Å². The third kappa shape index (κ3) is 4.73. The van der Waals surface area contributed by atoms with Crippen molar-refractivity contribution in [2.45, 2.75) is 50.0 Å². The number of hydrogen-bond acceptors (Lipinski definition) is 6. The molecule has 2 aromatic rings. The lowest BCUT2D eigenvalue weighted by atomic mass is 10.0. The molecule has 3 heterocycles. The zero-order valence-electron chi connectivity index (χ0n) is 17.8. The van der Waals surface area contributed by atoms with Gasteiger partial charge in [-0.05, 0) is 44.2 Å². The highest BCUT2D eigenvalue weighted by molar-refractivity contribution is 7.89. The molecule has 4 rings (SSSR count). The molecule has 1 N–H and O–H groups in total. The fraction of sp³-hybridized carbons (Fsp3) is 0.500. The summed E-state index contributed by atoms with van der Waals surface area (Å²) in [5, 5.41) is 4.42. The van der Waals surface area contributed by atoms with Crippen molar-refractivity contribution in [3.05, 3.63) is 40.1 Å². The number of rotatable bonds is 7. The van der Waals surface area contributed by atoms with Crippen LogP contribution in [0.5, 0.6) is 11.5 Å². The van der Waals surface area contributed by atoms with Gasteiger partial charge >= 0.3 is 0 Å². The van der Waals surface area contributed by atoms with Crippen molar-refractivity contribution >= 4 is 27.3 Å². The van der Waals surface area contributed by atoms with Gasteiger partial charge in [0.05, 0.1) is 6.54 Å². The Kier molecular flexibility index (Phi) is 6.27. The van der Waals surface area contributed by atoms with E-state index in [9.17, 15) is 13.2 Å². The molecule has 0 unspecified atom stereocenters. The number of thiophene rings is 1. The Morgan fingerprint density at radius 3 is 2.77 bits per heavy atom. The Labute approximate surface area is 187 Å². The van der Waals surface area contributed by atoms with Crippen LogP contribution in [0.3, 0.4) is 0 Å². The van der Waals surface area contributed by atoms with E-state index < -0.39 is 15.9 Å². The number of piperidine rings is 1. The van der Waals surface area contributed by atoms with E-state index in [1.165, 1.54) is 10.4 Å². The lowest BCUT2D eigenvalue weighted by Gasteiger charge is -2.25. The fourth-order valence-electron chi connectivity index (χ4n) is 4.02. The van der Waals surface area contributed by atoms with Crippen LogP contribution in [-0.2, 0) is 16.4 Å². The van der Waals surface area contributed by atoms with E-state index in [0.717, 1.165) is 48.3 Å². The van der Waals surface area contributed by atoms with Gasteiger partial charge in [0.25, 0.3) is 5.91 Å². The molecule has 0 radical (unpaired) electrons. The maximum absolute atomic E-state index is 13.0. The van der Waals surface area contributed by atoms with Crippen LogP contribution in [-0.4, -0.2) is 50.5 Å². The van der Waals surface area contributed by atoms with Crippen molar-refractivity contribution in [1.29, 1.82) is 0 Å². The van der Waals surface area contributed by atoms with Gasteiger partial charge in [-0.2, -0.15) is 4.31 Å². The highest BCUT2D eigenvalue weighted by atomic mass is 32.2. The van der Waals surface area contributed by atoms with Crippen LogP contribution >= 0.6 is 11.3 Å². The first kappa shape index (κ1) is 22.1. The molecular weight excluding hydrogens is 436 g/mol. The van der Waals surface area contributed by atoms with Gasteiger partial charge in [-0.15, -0.1) is 11.3 Å². The molecule has 1 aromatic heterocycles. The average molecular weight is 465 g/mol. The minimum Gasteiger partial charge on any atom is -0.488 e. The van der Waals surface area contributed by atoms with Gasteiger partial charge in [-0.3, -0.25) is 4.79 Å². The first-order valence-corrected chi connectivity index (χ1v) is 12.9. The number of hydrogen-bond donors (Lipinski definition) is 1. The summed E-state index contributed by atoms with van der Waals surface area (Å²) in [4.78, 5) is 13.0. The molecule has 0 aliphatic carbocycles. The predicted octanol–water partition coefficient (Wildman–Crippen LogP) is 3.45. The molecule has 9 heteroatoms. The first-order valence-electron chi connectivity index (χ1n) is 10.6. The van der Waals surface area contributed by atoms with E-state index in [2.05, 4.69) is 5.32 Å². The SMILES string of the molecule is CC1(C)Cc2cccc(OCCNC(=O)c3sccc3S(=O)(=O)N3CCCCC3)c2O1. The number of carbonyl (C=O) groups is 1. The van der Waals surface area contributed by atoms with E-state index in [-0.39, 0.29) is 28.5 Å². The molecule has 1 saturated heterocycles. The molecular formula is C22H28N2O5S2. The fourth-order valence-corrected chi connectivity index (χ4v) is 6.85. The lowest BCUT2D eigenvalue weighted by molar-refractivity contribution is 0.0947. The summed E-state index contributed by atoms with van der Waals surface area (Å²) in [5.41, 5.74) is 0.850. The standard InChI is InChI=1S/C22H28N2O5S2/c1-22(2)15-16-7-6-8-17(19(16)29-22)28-13-10-23-21(25)20-18(9-14-30-20)31(26,27)24-11-4-3-5-12-24/h6-9,14H,3-5,10-13,15H2,1-2H3,(H,23,25). The second kappa shape index (κ2) is 8.80. The van der Waals surface area contributed by atoms with Crippen molar-refractivity contribution in [3.63, 3.8) is 0 Å². The molecule has 31 heavy (non-hydrogen) atoms. The number of amides is 1. The van der Waals surface area contributed by atoms with Crippen LogP contribution < -0.4 is 14.8 Å². The lowest BCUT2D eigenvalue weighted by Crippen LogP contribution is -2.36. The Bertz CT molecular complexity index is 1060. The number of nitrogens with one attached hydrogen (secondary N) is 1. The zero-order valence-corrected chi connectivity index (χ0v) is 19.5. The molecule has 0 spiro atoms. The van der Waals surface area contributed by atoms with E-state index in [1.54, 1.807) is 5.38 Å². The summed E-state index contributed by atoms with van der Waals surface area (Å²) in [6.07, 6.45) is 3.57. The van der Waals surface area contributed by atoms with Gasteiger partial charge in [0.15, 0.2) is 11.5 Å². The van der Waals surface area contributed by atoms with E-state index in [1.807, 2.05) is 32.0 Å². The van der Waals surface area contributed by atoms with E-state index in [0.29, 0.717) is 18.8 Å². The number of fused-ring (bicyclic) bond motifs is 1. The molecule has 2 aliphatic rings. The Morgan fingerprint density at radius 1 is 1.23 bits per heavy atom. The molecule has 1 fully saturated rings. The molecule has 1 aromatic carbocycles. The largest absolute Gasteiger partial charge is 0.488 e. The highest BCUT2D eigenvalue weighted by Crippen LogP contribution is 2.41. The third-order valence-electron chi connectivity index (χ3n) is 5.47. The summed E-state index contributed by atoms with van der Waals surface area (Å²) in [7, 11) is -3.65. The molecule has 1 amide bonds. The van der Waals surface area contributed by atoms with Crippen LogP contribution in [0.1, 0.15) is 48.3 Å². The summed E-state index contributed by atoms with van der Waals surface area (Å²) >= 11 is 1.14. The van der Waals surface area contributed by atoms with E-state index in [4.69, 9.17) is 9.47 Å². The Hall–Kier alpha value is -2.10. The van der Waals surface area contributed by atoms with Crippen molar-refractivity contribution < 1.29 is 22.7 Å². The van der Waals surface area contributed by atoms with Gasteiger partial charge in [0.2, 0.25) is 10.0 Å². The van der Waals surface area contributed by atoms with Gasteiger partial charge in [-0.1, -0.05) is 18.6 Å². The van der Waals surface area contributed by atoms with Gasteiger partial charge in [0, 0.05) is 25.1 Å². The Morgan fingerprint density at radius 2 is 2.00 bits per heavy atom.